The van der Waals surface area contributed by atoms with E-state index in [4.69, 9.17) is 4.74 Å². The Morgan fingerprint density at radius 3 is 2.64 bits per heavy atom. The molecule has 5 nitrogen and oxygen atoms in total. The highest BCUT2D eigenvalue weighted by molar-refractivity contribution is 6.04. The standard InChI is InChI=1S/C31H33N3O2/c1-22-13-14-28-29(33-22)11-6-12-30(28)36-20-17-27(23-15-18-32-19-16-23)24-7-5-8-25(21-24)31(35)34-26-9-3-2-4-10-26/h2-14,21,23,27,32H,15-20H2,1H3,(H,34,35). The molecule has 0 spiro atoms. The van der Waals surface area contributed by atoms with E-state index in [0.717, 1.165) is 60.4 Å². The van der Waals surface area contributed by atoms with Gasteiger partial charge in [-0.3, -0.25) is 9.78 Å². The van der Waals surface area contributed by atoms with Crippen LogP contribution in [0.2, 0.25) is 0 Å². The summed E-state index contributed by atoms with van der Waals surface area (Å²) in [6, 6.07) is 27.9. The molecule has 1 unspecified atom stereocenters. The SMILES string of the molecule is Cc1ccc2c(OCCC(c3cccc(C(=O)Nc4ccccc4)c3)C3CCNCC3)cccc2n1. The molecule has 1 amide bonds. The lowest BCUT2D eigenvalue weighted by Gasteiger charge is -2.31. The fourth-order valence-electron chi connectivity index (χ4n) is 5.21. The third-order valence-electron chi connectivity index (χ3n) is 7.08. The molecule has 2 N–H and O–H groups in total. The lowest BCUT2D eigenvalue weighted by atomic mass is 9.78. The largest absolute Gasteiger partial charge is 0.493 e. The van der Waals surface area contributed by atoms with Gasteiger partial charge in [-0.15, -0.1) is 0 Å². The van der Waals surface area contributed by atoms with Gasteiger partial charge in [0.05, 0.1) is 12.1 Å². The van der Waals surface area contributed by atoms with Gasteiger partial charge < -0.3 is 15.4 Å². The Morgan fingerprint density at radius 1 is 1.00 bits per heavy atom. The lowest BCUT2D eigenvalue weighted by molar-refractivity contribution is 0.102. The smallest absolute Gasteiger partial charge is 0.255 e. The van der Waals surface area contributed by atoms with Crippen LogP contribution in [0.15, 0.2) is 84.9 Å². The van der Waals surface area contributed by atoms with Crippen LogP contribution in [0.4, 0.5) is 5.69 Å². The maximum absolute atomic E-state index is 13.0. The van der Waals surface area contributed by atoms with Crippen molar-refractivity contribution >= 4 is 22.5 Å². The molecule has 1 fully saturated rings. The van der Waals surface area contributed by atoms with Crippen molar-refractivity contribution in [2.24, 2.45) is 5.92 Å². The fraction of sp³-hybridized carbons (Fsp3) is 0.290. The Hall–Kier alpha value is -3.70. The number of aryl methyl sites for hydroxylation is 1. The predicted octanol–water partition coefficient (Wildman–Crippen LogP) is 6.35. The van der Waals surface area contributed by atoms with E-state index in [1.165, 1.54) is 5.56 Å². The number of para-hydroxylation sites is 1. The number of amides is 1. The molecule has 2 heterocycles. The van der Waals surface area contributed by atoms with Crippen molar-refractivity contribution in [2.45, 2.75) is 32.1 Å². The fourth-order valence-corrected chi connectivity index (χ4v) is 5.21. The summed E-state index contributed by atoms with van der Waals surface area (Å²) in [5.74, 6) is 1.67. The molecule has 184 valence electrons. The van der Waals surface area contributed by atoms with Gasteiger partial charge in [-0.25, -0.2) is 0 Å². The van der Waals surface area contributed by atoms with Gasteiger partial charge >= 0.3 is 0 Å². The lowest BCUT2D eigenvalue weighted by Crippen LogP contribution is -2.31. The van der Waals surface area contributed by atoms with E-state index < -0.39 is 0 Å². The molecule has 0 bridgehead atoms. The Balaban J connectivity index is 1.33. The molecule has 1 atom stereocenters. The molecule has 5 rings (SSSR count). The Labute approximate surface area is 212 Å². The van der Waals surface area contributed by atoms with E-state index in [1.54, 1.807) is 0 Å². The van der Waals surface area contributed by atoms with Crippen LogP contribution < -0.4 is 15.4 Å². The molecule has 36 heavy (non-hydrogen) atoms. The number of anilines is 1. The molecule has 1 aliphatic heterocycles. The van der Waals surface area contributed by atoms with Gasteiger partial charge in [-0.05, 0) is 105 Å². The van der Waals surface area contributed by atoms with E-state index in [0.29, 0.717) is 24.0 Å². The quantitative estimate of drug-likeness (QED) is 0.309. The topological polar surface area (TPSA) is 63.2 Å². The summed E-state index contributed by atoms with van der Waals surface area (Å²) in [6.45, 7) is 4.68. The zero-order chi connectivity index (χ0) is 24.7. The first-order chi connectivity index (χ1) is 17.7. The number of rotatable bonds is 8. The molecule has 0 saturated carbocycles. The molecule has 1 saturated heterocycles. The number of hydrogen-bond acceptors (Lipinski definition) is 4. The Morgan fingerprint density at radius 2 is 1.81 bits per heavy atom. The molecule has 3 aromatic carbocycles. The second-order valence-corrected chi connectivity index (χ2v) is 9.55. The number of carbonyl (C=O) groups is 1. The summed E-state index contributed by atoms with van der Waals surface area (Å²) in [4.78, 5) is 17.6. The third-order valence-corrected chi connectivity index (χ3v) is 7.08. The van der Waals surface area contributed by atoms with Gasteiger partial charge in [0.15, 0.2) is 0 Å². The number of carbonyl (C=O) groups excluding carboxylic acids is 1. The average molecular weight is 480 g/mol. The van der Waals surface area contributed by atoms with Crippen LogP contribution >= 0.6 is 0 Å². The maximum atomic E-state index is 13.0. The monoisotopic (exact) mass is 479 g/mol. The first-order valence-electron chi connectivity index (χ1n) is 12.8. The first-order valence-corrected chi connectivity index (χ1v) is 12.8. The van der Waals surface area contributed by atoms with E-state index in [-0.39, 0.29) is 5.91 Å². The summed E-state index contributed by atoms with van der Waals surface area (Å²) in [6.07, 6.45) is 3.15. The van der Waals surface area contributed by atoms with Crippen LogP contribution in [0.1, 0.15) is 46.8 Å². The number of nitrogens with one attached hydrogen (secondary N) is 2. The van der Waals surface area contributed by atoms with E-state index in [9.17, 15) is 4.79 Å². The van der Waals surface area contributed by atoms with Gasteiger partial charge in [-0.1, -0.05) is 36.4 Å². The number of ether oxygens (including phenoxy) is 1. The van der Waals surface area contributed by atoms with E-state index >= 15 is 0 Å². The third kappa shape index (κ3) is 5.74. The summed E-state index contributed by atoms with van der Waals surface area (Å²) >= 11 is 0. The zero-order valence-electron chi connectivity index (χ0n) is 20.7. The zero-order valence-corrected chi connectivity index (χ0v) is 20.7. The minimum atomic E-state index is -0.0816. The normalized spacial score (nSPS) is 14.9. The molecular formula is C31H33N3O2. The second-order valence-electron chi connectivity index (χ2n) is 9.55. The highest BCUT2D eigenvalue weighted by atomic mass is 16.5. The number of fused-ring (bicyclic) bond motifs is 1. The van der Waals surface area contributed by atoms with Crippen LogP contribution in [0, 0.1) is 12.8 Å². The van der Waals surface area contributed by atoms with Crippen molar-refractivity contribution in [3.8, 4) is 5.75 Å². The second kappa shape index (κ2) is 11.4. The molecular weight excluding hydrogens is 446 g/mol. The van der Waals surface area contributed by atoms with Crippen molar-refractivity contribution < 1.29 is 9.53 Å². The van der Waals surface area contributed by atoms with Gasteiger partial charge in [0.25, 0.3) is 5.91 Å². The molecule has 5 heteroatoms. The first kappa shape index (κ1) is 24.0. The number of nitrogens with zero attached hydrogens (tertiary/aromatic N) is 1. The minimum Gasteiger partial charge on any atom is -0.493 e. The summed E-state index contributed by atoms with van der Waals surface area (Å²) in [7, 11) is 0. The summed E-state index contributed by atoms with van der Waals surface area (Å²) in [5, 5.41) is 7.53. The summed E-state index contributed by atoms with van der Waals surface area (Å²) < 4.78 is 6.32. The van der Waals surface area contributed by atoms with Gasteiger partial charge in [0.2, 0.25) is 0 Å². The van der Waals surface area contributed by atoms with E-state index in [2.05, 4.69) is 33.8 Å². The molecule has 4 aromatic rings. The predicted molar refractivity (Wildman–Crippen MR) is 146 cm³/mol. The average Bonchev–Trinajstić information content (AvgIpc) is 2.92. The number of aromatic nitrogens is 1. The van der Waals surface area contributed by atoms with Crippen molar-refractivity contribution in [1.82, 2.24) is 10.3 Å². The molecule has 0 radical (unpaired) electrons. The van der Waals surface area contributed by atoms with Crippen molar-refractivity contribution in [1.29, 1.82) is 0 Å². The summed E-state index contributed by atoms with van der Waals surface area (Å²) in [5.41, 5.74) is 4.66. The highest BCUT2D eigenvalue weighted by Gasteiger charge is 2.26. The van der Waals surface area contributed by atoms with Crippen LogP contribution in [0.5, 0.6) is 5.75 Å². The number of benzene rings is 3. The Kier molecular flexibility index (Phi) is 7.58. The van der Waals surface area contributed by atoms with Crippen LogP contribution in [-0.2, 0) is 0 Å². The van der Waals surface area contributed by atoms with Crippen molar-refractivity contribution in [2.75, 3.05) is 25.0 Å². The number of pyridine rings is 1. The highest BCUT2D eigenvalue weighted by Crippen LogP contribution is 2.35. The number of hydrogen-bond donors (Lipinski definition) is 2. The molecule has 0 aliphatic carbocycles. The Bertz CT molecular complexity index is 1320. The maximum Gasteiger partial charge on any atom is 0.255 e. The van der Waals surface area contributed by atoms with E-state index in [1.807, 2.05) is 73.7 Å². The molecule has 1 aliphatic rings. The molecule has 1 aromatic heterocycles. The van der Waals surface area contributed by atoms with Crippen LogP contribution in [0.25, 0.3) is 10.9 Å². The van der Waals surface area contributed by atoms with Crippen molar-refractivity contribution in [3.63, 3.8) is 0 Å². The van der Waals surface area contributed by atoms with Crippen molar-refractivity contribution in [3.05, 3.63) is 102 Å². The van der Waals surface area contributed by atoms with Gasteiger partial charge in [0.1, 0.15) is 5.75 Å². The van der Waals surface area contributed by atoms with Gasteiger partial charge in [-0.2, -0.15) is 0 Å². The van der Waals surface area contributed by atoms with Crippen LogP contribution in [0.3, 0.4) is 0 Å². The number of piperidine rings is 1. The van der Waals surface area contributed by atoms with Crippen LogP contribution in [-0.4, -0.2) is 30.6 Å². The minimum absolute atomic E-state index is 0.0816. The van der Waals surface area contributed by atoms with Gasteiger partial charge in [0, 0.05) is 22.3 Å².